The highest BCUT2D eigenvalue weighted by Gasteiger charge is 2.22. The molecule has 0 unspecified atom stereocenters. The number of halogens is 2. The van der Waals surface area contributed by atoms with Crippen LogP contribution in [0.1, 0.15) is 31.1 Å². The van der Waals surface area contributed by atoms with Crippen molar-refractivity contribution in [1.29, 1.82) is 0 Å². The minimum Gasteiger partial charge on any atom is -0.478 e. The van der Waals surface area contributed by atoms with E-state index in [4.69, 9.17) is 40.5 Å². The van der Waals surface area contributed by atoms with E-state index in [0.717, 1.165) is 0 Å². The lowest BCUT2D eigenvalue weighted by Crippen LogP contribution is -2.41. The van der Waals surface area contributed by atoms with E-state index in [1.807, 2.05) is 0 Å². The van der Waals surface area contributed by atoms with Gasteiger partial charge in [-0.2, -0.15) is 0 Å². The van der Waals surface area contributed by atoms with Gasteiger partial charge in [-0.25, -0.2) is 4.79 Å². The Kier molecular flexibility index (Phi) is 5.55. The minimum absolute atomic E-state index is 0.0164. The fourth-order valence-corrected chi connectivity index (χ4v) is 1.97. The summed E-state index contributed by atoms with van der Waals surface area (Å²) in [5, 5.41) is 14.4. The van der Waals surface area contributed by atoms with Gasteiger partial charge in [0.15, 0.2) is 5.11 Å². The van der Waals surface area contributed by atoms with Crippen LogP contribution < -0.4 is 10.6 Å². The van der Waals surface area contributed by atoms with E-state index in [1.165, 1.54) is 12.1 Å². The van der Waals surface area contributed by atoms with Gasteiger partial charge in [-0.3, -0.25) is 4.79 Å². The van der Waals surface area contributed by atoms with Crippen LogP contribution in [-0.4, -0.2) is 22.1 Å². The van der Waals surface area contributed by atoms with Crippen LogP contribution in [0.15, 0.2) is 12.1 Å². The maximum atomic E-state index is 11.8. The van der Waals surface area contributed by atoms with E-state index in [2.05, 4.69) is 10.6 Å². The molecule has 0 aromatic heterocycles. The SMILES string of the molecule is CC(C)(C)C(=O)NC(=S)Nc1cc(C(=O)O)c(Cl)cc1Cl. The van der Waals surface area contributed by atoms with Crippen LogP contribution in [0.2, 0.25) is 10.0 Å². The molecule has 8 heteroatoms. The van der Waals surface area contributed by atoms with Gasteiger partial charge in [-0.05, 0) is 24.4 Å². The first kappa shape index (κ1) is 17.7. The molecule has 0 saturated carbocycles. The molecule has 0 fully saturated rings. The number of carbonyl (C=O) groups excluding carboxylic acids is 1. The van der Waals surface area contributed by atoms with Crippen molar-refractivity contribution in [1.82, 2.24) is 5.32 Å². The number of amides is 1. The highest BCUT2D eigenvalue weighted by Crippen LogP contribution is 2.29. The molecular weight excluding hydrogens is 335 g/mol. The van der Waals surface area contributed by atoms with Crippen LogP contribution in [-0.2, 0) is 4.79 Å². The lowest BCUT2D eigenvalue weighted by molar-refractivity contribution is -0.126. The highest BCUT2D eigenvalue weighted by molar-refractivity contribution is 7.80. The van der Waals surface area contributed by atoms with Gasteiger partial charge in [0.1, 0.15) is 0 Å². The lowest BCUT2D eigenvalue weighted by Gasteiger charge is -2.19. The van der Waals surface area contributed by atoms with Crippen LogP contribution in [0.4, 0.5) is 5.69 Å². The molecule has 0 spiro atoms. The maximum Gasteiger partial charge on any atom is 0.337 e. The normalized spacial score (nSPS) is 10.9. The second kappa shape index (κ2) is 6.60. The molecular formula is C13H14Cl2N2O3S. The van der Waals surface area contributed by atoms with Gasteiger partial charge in [0, 0.05) is 5.41 Å². The number of rotatable bonds is 2. The summed E-state index contributed by atoms with van der Waals surface area (Å²) < 4.78 is 0. The number of carboxylic acids is 1. The summed E-state index contributed by atoms with van der Waals surface area (Å²) >= 11 is 16.7. The summed E-state index contributed by atoms with van der Waals surface area (Å²) in [6, 6.07) is 2.55. The number of anilines is 1. The number of aromatic carboxylic acids is 1. The number of carbonyl (C=O) groups is 2. The molecule has 1 rings (SSSR count). The van der Waals surface area contributed by atoms with Crippen molar-refractivity contribution in [2.45, 2.75) is 20.8 Å². The molecule has 0 atom stereocenters. The molecule has 21 heavy (non-hydrogen) atoms. The quantitative estimate of drug-likeness (QED) is 0.712. The van der Waals surface area contributed by atoms with Crippen LogP contribution >= 0.6 is 35.4 Å². The van der Waals surface area contributed by atoms with Gasteiger partial charge in [0.2, 0.25) is 5.91 Å². The van der Waals surface area contributed by atoms with Crippen molar-refractivity contribution in [2.75, 3.05) is 5.32 Å². The third-order valence-corrected chi connectivity index (χ3v) is 3.27. The van der Waals surface area contributed by atoms with Crippen molar-refractivity contribution in [3.8, 4) is 0 Å². The van der Waals surface area contributed by atoms with E-state index in [-0.39, 0.29) is 32.3 Å². The van der Waals surface area contributed by atoms with Crippen molar-refractivity contribution >= 4 is 58.1 Å². The molecule has 3 N–H and O–H groups in total. The Morgan fingerprint density at radius 2 is 1.76 bits per heavy atom. The Morgan fingerprint density at radius 3 is 2.24 bits per heavy atom. The third kappa shape index (κ3) is 4.84. The van der Waals surface area contributed by atoms with Crippen molar-refractivity contribution in [2.24, 2.45) is 5.41 Å². The first-order chi connectivity index (χ1) is 9.52. The van der Waals surface area contributed by atoms with Gasteiger partial charge in [0.05, 0.1) is 21.3 Å². The molecule has 1 aromatic rings. The largest absolute Gasteiger partial charge is 0.478 e. The molecule has 0 aliphatic heterocycles. The molecule has 114 valence electrons. The summed E-state index contributed by atoms with van der Waals surface area (Å²) in [7, 11) is 0. The van der Waals surface area contributed by atoms with Crippen LogP contribution in [0.3, 0.4) is 0 Å². The summed E-state index contributed by atoms with van der Waals surface area (Å²) in [5.74, 6) is -1.46. The Balaban J connectivity index is 2.93. The first-order valence-corrected chi connectivity index (χ1v) is 7.03. The van der Waals surface area contributed by atoms with Crippen molar-refractivity contribution in [3.05, 3.63) is 27.7 Å². The standard InChI is InChI=1S/C13H14Cl2N2O3S/c1-13(2,3)11(20)17-12(21)16-9-4-6(10(18)19)7(14)5-8(9)15/h4-5H,1-3H3,(H,18,19)(H2,16,17,20,21). The van der Waals surface area contributed by atoms with E-state index in [0.29, 0.717) is 0 Å². The Morgan fingerprint density at radius 1 is 1.19 bits per heavy atom. The second-order valence-corrected chi connectivity index (χ2v) is 6.50. The smallest absolute Gasteiger partial charge is 0.337 e. The zero-order valence-corrected chi connectivity index (χ0v) is 13.9. The molecule has 0 bridgehead atoms. The van der Waals surface area contributed by atoms with Gasteiger partial charge in [-0.1, -0.05) is 44.0 Å². The number of carboxylic acid groups (broad SMARTS) is 1. The fourth-order valence-electron chi connectivity index (χ4n) is 1.25. The first-order valence-electron chi connectivity index (χ1n) is 5.87. The topological polar surface area (TPSA) is 78.4 Å². The van der Waals surface area contributed by atoms with Gasteiger partial charge in [0.25, 0.3) is 0 Å². The van der Waals surface area contributed by atoms with E-state index >= 15 is 0 Å². The number of hydrogen-bond acceptors (Lipinski definition) is 3. The Bertz CT molecular complexity index is 612. The molecule has 1 aromatic carbocycles. The van der Waals surface area contributed by atoms with E-state index < -0.39 is 11.4 Å². The summed E-state index contributed by atoms with van der Waals surface area (Å²) in [5.41, 5.74) is -0.479. The molecule has 0 aliphatic carbocycles. The summed E-state index contributed by atoms with van der Waals surface area (Å²) in [6.45, 7) is 5.22. The number of thiocarbonyl (C=S) groups is 1. The minimum atomic E-state index is -1.19. The van der Waals surface area contributed by atoms with E-state index in [1.54, 1.807) is 20.8 Å². The van der Waals surface area contributed by atoms with Crippen LogP contribution in [0, 0.1) is 5.41 Å². The van der Waals surface area contributed by atoms with Crippen LogP contribution in [0.25, 0.3) is 0 Å². The van der Waals surface area contributed by atoms with Crippen LogP contribution in [0.5, 0.6) is 0 Å². The lowest BCUT2D eigenvalue weighted by atomic mass is 9.96. The fraction of sp³-hybridized carbons (Fsp3) is 0.308. The van der Waals surface area contributed by atoms with E-state index in [9.17, 15) is 9.59 Å². The number of benzene rings is 1. The summed E-state index contributed by atoms with van der Waals surface area (Å²) in [4.78, 5) is 22.8. The molecule has 5 nitrogen and oxygen atoms in total. The third-order valence-electron chi connectivity index (χ3n) is 2.44. The van der Waals surface area contributed by atoms with Gasteiger partial charge < -0.3 is 15.7 Å². The van der Waals surface area contributed by atoms with Gasteiger partial charge in [-0.15, -0.1) is 0 Å². The molecule has 0 aliphatic rings. The average Bonchev–Trinajstić information content (AvgIpc) is 2.30. The number of nitrogens with one attached hydrogen (secondary N) is 2. The Labute approximate surface area is 137 Å². The number of hydrogen-bond donors (Lipinski definition) is 3. The highest BCUT2D eigenvalue weighted by atomic mass is 35.5. The second-order valence-electron chi connectivity index (χ2n) is 5.28. The molecule has 0 radical (unpaired) electrons. The predicted molar refractivity (Wildman–Crippen MR) is 87.2 cm³/mol. The van der Waals surface area contributed by atoms with Crippen molar-refractivity contribution in [3.63, 3.8) is 0 Å². The zero-order chi connectivity index (χ0) is 16.4. The van der Waals surface area contributed by atoms with Crippen molar-refractivity contribution < 1.29 is 14.7 Å². The maximum absolute atomic E-state index is 11.8. The Hall–Kier alpha value is -1.37. The zero-order valence-electron chi connectivity index (χ0n) is 11.6. The predicted octanol–water partition coefficient (Wildman–Crippen LogP) is 3.55. The average molecular weight is 349 g/mol. The molecule has 0 saturated heterocycles. The summed E-state index contributed by atoms with van der Waals surface area (Å²) in [6.07, 6.45) is 0. The van der Waals surface area contributed by atoms with Gasteiger partial charge >= 0.3 is 5.97 Å². The monoisotopic (exact) mass is 348 g/mol. The molecule has 1 amide bonds. The molecule has 0 heterocycles.